The van der Waals surface area contributed by atoms with Crippen LogP contribution in [0, 0.1) is 0 Å². The lowest BCUT2D eigenvalue weighted by molar-refractivity contribution is -0.137. The van der Waals surface area contributed by atoms with Gasteiger partial charge in [-0.15, -0.1) is 0 Å². The quantitative estimate of drug-likeness (QED) is 0.371. The van der Waals surface area contributed by atoms with Gasteiger partial charge in [-0.2, -0.15) is 13.2 Å². The molecule has 160 valence electrons. The van der Waals surface area contributed by atoms with E-state index in [4.69, 9.17) is 27.9 Å². The lowest BCUT2D eigenvalue weighted by Crippen LogP contribution is -2.26. The standard InChI is InChI=1S/C21H13Cl2F3N2O3/c22-16-8-7-14(10-15(16)21(24,25)26)28-19(29)18(12-4-2-1-3-5-12)31-20(30)13-6-9-17(23)27-11-13/h1-11,18H,(H,28,29). The summed E-state index contributed by atoms with van der Waals surface area (Å²) in [6, 6.07) is 13.7. The van der Waals surface area contributed by atoms with Gasteiger partial charge in [-0.1, -0.05) is 53.5 Å². The number of aromatic nitrogens is 1. The second-order valence-electron chi connectivity index (χ2n) is 6.25. The minimum Gasteiger partial charge on any atom is -0.444 e. The molecule has 3 rings (SSSR count). The summed E-state index contributed by atoms with van der Waals surface area (Å²) in [6.07, 6.45) is -4.96. The SMILES string of the molecule is O=C(OC(C(=O)Nc1ccc(Cl)c(C(F)(F)F)c1)c1ccccc1)c1ccc(Cl)nc1. The van der Waals surface area contributed by atoms with E-state index in [0.29, 0.717) is 11.6 Å². The molecule has 31 heavy (non-hydrogen) atoms. The Morgan fingerprint density at radius 2 is 1.71 bits per heavy atom. The molecule has 5 nitrogen and oxygen atoms in total. The third-order valence-corrected chi connectivity index (χ3v) is 4.62. The van der Waals surface area contributed by atoms with Crippen LogP contribution in [0.25, 0.3) is 0 Å². The lowest BCUT2D eigenvalue weighted by Gasteiger charge is -2.19. The summed E-state index contributed by atoms with van der Waals surface area (Å²) < 4.78 is 44.6. The summed E-state index contributed by atoms with van der Waals surface area (Å²) in [5.74, 6) is -1.71. The molecule has 0 saturated carbocycles. The maximum Gasteiger partial charge on any atom is 0.417 e. The van der Waals surface area contributed by atoms with Crippen molar-refractivity contribution < 1.29 is 27.5 Å². The van der Waals surface area contributed by atoms with Crippen molar-refractivity contribution in [2.75, 3.05) is 5.32 Å². The van der Waals surface area contributed by atoms with E-state index in [9.17, 15) is 22.8 Å². The van der Waals surface area contributed by atoms with E-state index in [1.807, 2.05) is 0 Å². The molecule has 0 saturated heterocycles. The zero-order valence-electron chi connectivity index (χ0n) is 15.5. The number of anilines is 1. The van der Waals surface area contributed by atoms with E-state index >= 15 is 0 Å². The first kappa shape index (κ1) is 22.6. The maximum atomic E-state index is 13.1. The topological polar surface area (TPSA) is 68.3 Å². The summed E-state index contributed by atoms with van der Waals surface area (Å²) in [5, 5.41) is 1.99. The Morgan fingerprint density at radius 1 is 1.00 bits per heavy atom. The molecule has 0 aliphatic rings. The van der Waals surface area contributed by atoms with Gasteiger partial charge in [0.2, 0.25) is 6.10 Å². The minimum atomic E-state index is -4.70. The van der Waals surface area contributed by atoms with Crippen molar-refractivity contribution in [3.8, 4) is 0 Å². The highest BCUT2D eigenvalue weighted by atomic mass is 35.5. The average Bonchev–Trinajstić information content (AvgIpc) is 2.73. The first-order valence-corrected chi connectivity index (χ1v) is 9.46. The van der Waals surface area contributed by atoms with Gasteiger partial charge in [0.25, 0.3) is 5.91 Å². The van der Waals surface area contributed by atoms with Gasteiger partial charge in [-0.3, -0.25) is 4.79 Å². The molecule has 1 aromatic heterocycles. The van der Waals surface area contributed by atoms with E-state index in [-0.39, 0.29) is 16.4 Å². The fourth-order valence-corrected chi connectivity index (χ4v) is 2.94. The first-order valence-electron chi connectivity index (χ1n) is 8.70. The van der Waals surface area contributed by atoms with Crippen LogP contribution in [-0.4, -0.2) is 16.9 Å². The van der Waals surface area contributed by atoms with Crippen LogP contribution in [0.2, 0.25) is 10.2 Å². The molecule has 2 aromatic carbocycles. The number of carbonyl (C=O) groups is 2. The highest BCUT2D eigenvalue weighted by molar-refractivity contribution is 6.31. The summed E-state index contributed by atoms with van der Waals surface area (Å²) in [5.41, 5.74) is -0.899. The number of alkyl halides is 3. The monoisotopic (exact) mass is 468 g/mol. The molecule has 1 N–H and O–H groups in total. The summed E-state index contributed by atoms with van der Waals surface area (Å²) >= 11 is 11.3. The lowest BCUT2D eigenvalue weighted by atomic mass is 10.1. The third kappa shape index (κ3) is 5.74. The number of pyridine rings is 1. The van der Waals surface area contributed by atoms with E-state index in [0.717, 1.165) is 6.07 Å². The number of ether oxygens (including phenoxy) is 1. The van der Waals surface area contributed by atoms with Gasteiger partial charge in [0.15, 0.2) is 0 Å². The molecule has 1 heterocycles. The fraction of sp³-hybridized carbons (Fsp3) is 0.0952. The van der Waals surface area contributed by atoms with Crippen LogP contribution >= 0.6 is 23.2 Å². The number of halogens is 5. The van der Waals surface area contributed by atoms with E-state index in [2.05, 4.69) is 10.3 Å². The second kappa shape index (κ2) is 9.36. The molecule has 0 spiro atoms. The number of hydrogen-bond donors (Lipinski definition) is 1. The summed E-state index contributed by atoms with van der Waals surface area (Å²) in [4.78, 5) is 29.1. The average molecular weight is 469 g/mol. The Morgan fingerprint density at radius 3 is 2.32 bits per heavy atom. The number of hydrogen-bond acceptors (Lipinski definition) is 4. The number of rotatable bonds is 5. The Bertz CT molecular complexity index is 1090. The van der Waals surface area contributed by atoms with Crippen molar-refractivity contribution in [2.24, 2.45) is 0 Å². The number of nitrogens with zero attached hydrogens (tertiary/aromatic N) is 1. The molecule has 1 unspecified atom stereocenters. The number of benzene rings is 2. The fourth-order valence-electron chi connectivity index (χ4n) is 2.60. The van der Waals surface area contributed by atoms with Crippen molar-refractivity contribution in [1.29, 1.82) is 0 Å². The molecule has 0 fully saturated rings. The molecule has 0 radical (unpaired) electrons. The van der Waals surface area contributed by atoms with Crippen LogP contribution < -0.4 is 5.32 Å². The molecule has 10 heteroatoms. The van der Waals surface area contributed by atoms with Crippen molar-refractivity contribution in [1.82, 2.24) is 4.98 Å². The molecule has 3 aromatic rings. The van der Waals surface area contributed by atoms with Gasteiger partial charge in [0.1, 0.15) is 5.15 Å². The highest BCUT2D eigenvalue weighted by Gasteiger charge is 2.34. The van der Waals surface area contributed by atoms with Crippen molar-refractivity contribution in [2.45, 2.75) is 12.3 Å². The van der Waals surface area contributed by atoms with Gasteiger partial charge in [0.05, 0.1) is 16.1 Å². The van der Waals surface area contributed by atoms with E-state index in [1.165, 1.54) is 24.4 Å². The normalized spacial score (nSPS) is 12.2. The van der Waals surface area contributed by atoms with Gasteiger partial charge in [-0.05, 0) is 30.3 Å². The highest BCUT2D eigenvalue weighted by Crippen LogP contribution is 2.36. The Balaban J connectivity index is 1.87. The number of nitrogens with one attached hydrogen (secondary N) is 1. The second-order valence-corrected chi connectivity index (χ2v) is 7.04. The van der Waals surface area contributed by atoms with Gasteiger partial charge in [0, 0.05) is 17.4 Å². The molecule has 0 aliphatic heterocycles. The zero-order valence-corrected chi connectivity index (χ0v) is 17.0. The number of amides is 1. The largest absolute Gasteiger partial charge is 0.444 e. The molecule has 1 atom stereocenters. The zero-order chi connectivity index (χ0) is 22.6. The van der Waals surface area contributed by atoms with Gasteiger partial charge >= 0.3 is 12.1 Å². The Hall–Kier alpha value is -3.10. The molecule has 0 aliphatic carbocycles. The number of carbonyl (C=O) groups excluding carboxylic acids is 2. The molecule has 0 bridgehead atoms. The summed E-state index contributed by atoms with van der Waals surface area (Å²) in [6.45, 7) is 0. The predicted octanol–water partition coefficient (Wildman–Crippen LogP) is 5.94. The van der Waals surface area contributed by atoms with Crippen LogP contribution in [0.5, 0.6) is 0 Å². The van der Waals surface area contributed by atoms with E-state index in [1.54, 1.807) is 30.3 Å². The van der Waals surface area contributed by atoms with Crippen LogP contribution in [0.1, 0.15) is 27.6 Å². The minimum absolute atomic E-state index is 0.0454. The first-order chi connectivity index (χ1) is 14.6. The van der Waals surface area contributed by atoms with Gasteiger partial charge in [-0.25, -0.2) is 9.78 Å². The van der Waals surface area contributed by atoms with Crippen LogP contribution in [0.3, 0.4) is 0 Å². The van der Waals surface area contributed by atoms with Crippen LogP contribution in [-0.2, 0) is 15.7 Å². The molecular weight excluding hydrogens is 456 g/mol. The third-order valence-electron chi connectivity index (χ3n) is 4.07. The summed E-state index contributed by atoms with van der Waals surface area (Å²) in [7, 11) is 0. The Kier molecular flexibility index (Phi) is 6.82. The maximum absolute atomic E-state index is 13.1. The number of esters is 1. The van der Waals surface area contributed by atoms with E-state index < -0.39 is 34.7 Å². The van der Waals surface area contributed by atoms with Crippen LogP contribution in [0.15, 0.2) is 66.9 Å². The molecule has 1 amide bonds. The molecular formula is C21H13Cl2F3N2O3. The van der Waals surface area contributed by atoms with Crippen molar-refractivity contribution >= 4 is 40.8 Å². The van der Waals surface area contributed by atoms with Gasteiger partial charge < -0.3 is 10.1 Å². The predicted molar refractivity (Wildman–Crippen MR) is 109 cm³/mol. The van der Waals surface area contributed by atoms with Crippen molar-refractivity contribution in [3.05, 3.63) is 93.7 Å². The Labute approximate surface area is 184 Å². The van der Waals surface area contributed by atoms with Crippen molar-refractivity contribution in [3.63, 3.8) is 0 Å². The smallest absolute Gasteiger partial charge is 0.417 e. The van der Waals surface area contributed by atoms with Crippen LogP contribution in [0.4, 0.5) is 18.9 Å².